The summed E-state index contributed by atoms with van der Waals surface area (Å²) in [4.78, 5) is 26.3. The maximum absolute atomic E-state index is 11.5. The molecule has 0 saturated carbocycles. The van der Waals surface area contributed by atoms with Crippen molar-refractivity contribution in [2.45, 2.75) is 12.5 Å². The molecule has 0 radical (unpaired) electrons. The first kappa shape index (κ1) is 18.1. The fraction of sp³-hybridized carbons (Fsp3) is 0.167. The molecule has 0 fully saturated rings. The number of nitro groups is 1. The van der Waals surface area contributed by atoms with Gasteiger partial charge in [-0.1, -0.05) is 30.3 Å². The highest BCUT2D eigenvalue weighted by Gasteiger charge is 2.26. The lowest BCUT2D eigenvalue weighted by Crippen LogP contribution is -2.30. The van der Waals surface area contributed by atoms with Gasteiger partial charge in [0.05, 0.1) is 11.1 Å². The van der Waals surface area contributed by atoms with E-state index in [9.17, 15) is 20.0 Å². The normalized spacial score (nSPS) is 11.7. The molecule has 0 bridgehead atoms. The molecule has 0 aliphatic heterocycles. The SMILES string of the molecule is Cn1cc(-c2cnc(OC(Cc3ccccc3)C(=O)O)c([N+](=O)[O-])c2)cn1. The summed E-state index contributed by atoms with van der Waals surface area (Å²) in [5, 5.41) is 24.9. The number of aryl methyl sites for hydroxylation is 1. The van der Waals surface area contributed by atoms with Crippen LogP contribution in [0, 0.1) is 10.1 Å². The minimum Gasteiger partial charge on any atom is -0.478 e. The van der Waals surface area contributed by atoms with Crippen LogP contribution >= 0.6 is 0 Å². The van der Waals surface area contributed by atoms with Gasteiger partial charge in [-0.15, -0.1) is 0 Å². The van der Waals surface area contributed by atoms with Crippen molar-refractivity contribution in [3.8, 4) is 17.0 Å². The molecule has 138 valence electrons. The van der Waals surface area contributed by atoms with Gasteiger partial charge in [0.1, 0.15) is 0 Å². The van der Waals surface area contributed by atoms with Gasteiger partial charge in [-0.2, -0.15) is 5.10 Å². The van der Waals surface area contributed by atoms with E-state index in [1.54, 1.807) is 48.4 Å². The highest BCUT2D eigenvalue weighted by molar-refractivity contribution is 5.73. The Balaban J connectivity index is 1.90. The van der Waals surface area contributed by atoms with Crippen molar-refractivity contribution in [2.24, 2.45) is 7.05 Å². The van der Waals surface area contributed by atoms with Crippen molar-refractivity contribution in [2.75, 3.05) is 0 Å². The van der Waals surface area contributed by atoms with Crippen molar-refractivity contribution in [3.63, 3.8) is 0 Å². The molecule has 0 spiro atoms. The molecule has 27 heavy (non-hydrogen) atoms. The van der Waals surface area contributed by atoms with Crippen molar-refractivity contribution < 1.29 is 19.6 Å². The smallest absolute Gasteiger partial charge is 0.345 e. The summed E-state index contributed by atoms with van der Waals surface area (Å²) >= 11 is 0. The second-order valence-electron chi connectivity index (χ2n) is 5.84. The largest absolute Gasteiger partial charge is 0.478 e. The number of hydrogen-bond donors (Lipinski definition) is 1. The minimum absolute atomic E-state index is 0.0549. The zero-order valence-electron chi connectivity index (χ0n) is 14.3. The van der Waals surface area contributed by atoms with E-state index in [0.717, 1.165) is 5.56 Å². The maximum Gasteiger partial charge on any atom is 0.345 e. The molecule has 3 rings (SSSR count). The molecule has 0 amide bonds. The third kappa shape index (κ3) is 4.27. The molecule has 0 aliphatic rings. The van der Waals surface area contributed by atoms with Gasteiger partial charge >= 0.3 is 11.7 Å². The van der Waals surface area contributed by atoms with Crippen LogP contribution in [0.5, 0.6) is 5.88 Å². The number of nitrogens with zero attached hydrogens (tertiary/aromatic N) is 4. The van der Waals surface area contributed by atoms with Crippen LogP contribution in [0.1, 0.15) is 5.56 Å². The molecule has 2 heterocycles. The zero-order valence-corrected chi connectivity index (χ0v) is 14.3. The van der Waals surface area contributed by atoms with E-state index in [1.807, 2.05) is 6.07 Å². The Labute approximate surface area is 154 Å². The van der Waals surface area contributed by atoms with Gasteiger partial charge in [0, 0.05) is 43.1 Å². The first-order valence-electron chi connectivity index (χ1n) is 8.01. The van der Waals surface area contributed by atoms with Gasteiger partial charge in [-0.3, -0.25) is 14.8 Å². The average Bonchev–Trinajstić information content (AvgIpc) is 3.08. The maximum atomic E-state index is 11.5. The third-order valence-corrected chi connectivity index (χ3v) is 3.86. The molecule has 9 heteroatoms. The van der Waals surface area contributed by atoms with Crippen LogP contribution < -0.4 is 4.74 Å². The summed E-state index contributed by atoms with van der Waals surface area (Å²) < 4.78 is 6.96. The van der Waals surface area contributed by atoms with E-state index in [1.165, 1.54) is 12.3 Å². The van der Waals surface area contributed by atoms with Gasteiger partial charge in [0.2, 0.25) is 6.10 Å². The number of aromatic nitrogens is 3. The number of carboxylic acids is 1. The van der Waals surface area contributed by atoms with Crippen LogP contribution in [0.15, 0.2) is 55.0 Å². The van der Waals surface area contributed by atoms with Crippen LogP contribution in [0.25, 0.3) is 11.1 Å². The van der Waals surface area contributed by atoms with Crippen molar-refractivity contribution >= 4 is 11.7 Å². The van der Waals surface area contributed by atoms with Crippen molar-refractivity contribution in [1.82, 2.24) is 14.8 Å². The summed E-state index contributed by atoms with van der Waals surface area (Å²) in [7, 11) is 1.73. The number of pyridine rings is 1. The number of carboxylic acid groups (broad SMARTS) is 1. The summed E-state index contributed by atoms with van der Waals surface area (Å²) in [6, 6.07) is 10.2. The number of rotatable bonds is 7. The highest BCUT2D eigenvalue weighted by Crippen LogP contribution is 2.30. The molecule has 3 aromatic rings. The van der Waals surface area contributed by atoms with Gasteiger partial charge in [-0.25, -0.2) is 9.78 Å². The fourth-order valence-electron chi connectivity index (χ4n) is 2.53. The Hall–Kier alpha value is -3.75. The summed E-state index contributed by atoms with van der Waals surface area (Å²) in [6.45, 7) is 0. The van der Waals surface area contributed by atoms with Gasteiger partial charge < -0.3 is 9.84 Å². The molecule has 2 aromatic heterocycles. The standard InChI is InChI=1S/C18H16N4O5/c1-21-11-14(10-20-21)13-8-15(22(25)26)17(19-9-13)27-16(18(23)24)7-12-5-3-2-4-6-12/h2-6,8-11,16H,7H2,1H3,(H,23,24). The predicted molar refractivity (Wildman–Crippen MR) is 95.3 cm³/mol. The van der Waals surface area contributed by atoms with E-state index >= 15 is 0 Å². The second-order valence-corrected chi connectivity index (χ2v) is 5.84. The number of ether oxygens (including phenoxy) is 1. The molecule has 9 nitrogen and oxygen atoms in total. The lowest BCUT2D eigenvalue weighted by Gasteiger charge is -2.14. The molecule has 0 saturated heterocycles. The van der Waals surface area contributed by atoms with E-state index in [2.05, 4.69) is 10.1 Å². The number of hydrogen-bond acceptors (Lipinski definition) is 6. The average molecular weight is 368 g/mol. The first-order chi connectivity index (χ1) is 12.9. The van der Waals surface area contributed by atoms with Crippen molar-refractivity contribution in [3.05, 3.63) is 70.7 Å². The third-order valence-electron chi connectivity index (χ3n) is 3.86. The number of benzene rings is 1. The Morgan fingerprint density at radius 3 is 2.63 bits per heavy atom. The van der Waals surface area contributed by atoms with Crippen LogP contribution in [0.3, 0.4) is 0 Å². The van der Waals surface area contributed by atoms with Crippen molar-refractivity contribution in [1.29, 1.82) is 0 Å². The van der Waals surface area contributed by atoms with Crippen LogP contribution in [0.4, 0.5) is 5.69 Å². The fourth-order valence-corrected chi connectivity index (χ4v) is 2.53. The van der Waals surface area contributed by atoms with E-state index in [0.29, 0.717) is 11.1 Å². The Morgan fingerprint density at radius 2 is 2.04 bits per heavy atom. The van der Waals surface area contributed by atoms with Crippen LogP contribution in [0.2, 0.25) is 0 Å². The Kier molecular flexibility index (Phi) is 5.11. The summed E-state index contributed by atoms with van der Waals surface area (Å²) in [6.07, 6.45) is 3.39. The quantitative estimate of drug-likeness (QED) is 0.502. The number of aliphatic carboxylic acids is 1. The molecule has 1 aromatic carbocycles. The molecule has 1 atom stereocenters. The monoisotopic (exact) mass is 368 g/mol. The van der Waals surface area contributed by atoms with Gasteiger partial charge in [0.25, 0.3) is 5.88 Å². The van der Waals surface area contributed by atoms with Gasteiger partial charge in [-0.05, 0) is 5.56 Å². The lowest BCUT2D eigenvalue weighted by molar-refractivity contribution is -0.386. The molecule has 1 N–H and O–H groups in total. The zero-order chi connectivity index (χ0) is 19.4. The van der Waals surface area contributed by atoms with Crippen LogP contribution in [-0.2, 0) is 18.3 Å². The Morgan fingerprint density at radius 1 is 1.30 bits per heavy atom. The van der Waals surface area contributed by atoms with E-state index in [-0.39, 0.29) is 12.3 Å². The second kappa shape index (κ2) is 7.65. The minimum atomic E-state index is -1.30. The van der Waals surface area contributed by atoms with E-state index in [4.69, 9.17) is 4.74 Å². The molecular weight excluding hydrogens is 352 g/mol. The number of carbonyl (C=O) groups is 1. The summed E-state index contributed by atoms with van der Waals surface area (Å²) in [5.74, 6) is -1.57. The van der Waals surface area contributed by atoms with Gasteiger partial charge in [0.15, 0.2) is 0 Å². The van der Waals surface area contributed by atoms with E-state index < -0.39 is 22.7 Å². The summed E-state index contributed by atoms with van der Waals surface area (Å²) in [5.41, 5.74) is 1.46. The molecular formula is C18H16N4O5. The lowest BCUT2D eigenvalue weighted by atomic mass is 10.1. The molecule has 0 aliphatic carbocycles. The first-order valence-corrected chi connectivity index (χ1v) is 8.01. The Bertz CT molecular complexity index is 971. The predicted octanol–water partition coefficient (Wildman–Crippen LogP) is 2.46. The highest BCUT2D eigenvalue weighted by atomic mass is 16.6. The topological polar surface area (TPSA) is 120 Å². The van der Waals surface area contributed by atoms with Crippen LogP contribution in [-0.4, -0.2) is 36.9 Å². The molecule has 1 unspecified atom stereocenters.